The van der Waals surface area contributed by atoms with E-state index in [0.29, 0.717) is 17.3 Å². The number of hydrazine groups is 1. The Kier molecular flexibility index (Phi) is 4.25. The molecule has 1 atom stereocenters. The Morgan fingerprint density at radius 3 is 2.69 bits per heavy atom. The van der Waals surface area contributed by atoms with Crippen LogP contribution in [0.15, 0.2) is 18.3 Å². The molecular formula is C11H18N4O. The van der Waals surface area contributed by atoms with Crippen molar-refractivity contribution >= 4 is 11.7 Å². The second kappa shape index (κ2) is 5.46. The Morgan fingerprint density at radius 1 is 1.44 bits per heavy atom. The third-order valence-electron chi connectivity index (χ3n) is 2.53. The molecule has 0 spiro atoms. The molecule has 1 rings (SSSR count). The van der Waals surface area contributed by atoms with Gasteiger partial charge in [-0.2, -0.15) is 0 Å². The minimum Gasteiger partial charge on any atom is -0.349 e. The van der Waals surface area contributed by atoms with E-state index in [1.165, 1.54) is 0 Å². The van der Waals surface area contributed by atoms with Gasteiger partial charge in [0.25, 0.3) is 5.91 Å². The van der Waals surface area contributed by atoms with Gasteiger partial charge < -0.3 is 10.7 Å². The van der Waals surface area contributed by atoms with Crippen molar-refractivity contribution in [1.29, 1.82) is 0 Å². The Hall–Kier alpha value is -1.62. The SMILES string of the molecule is CC(C)C(C)NC(=O)c1ccnc(NN)c1. The number of anilines is 1. The van der Waals surface area contributed by atoms with Gasteiger partial charge in [-0.3, -0.25) is 4.79 Å². The quantitative estimate of drug-likeness (QED) is 0.527. The summed E-state index contributed by atoms with van der Waals surface area (Å²) < 4.78 is 0. The van der Waals surface area contributed by atoms with E-state index in [0.717, 1.165) is 0 Å². The van der Waals surface area contributed by atoms with Gasteiger partial charge in [-0.1, -0.05) is 13.8 Å². The van der Waals surface area contributed by atoms with Crippen LogP contribution in [0.2, 0.25) is 0 Å². The number of nitrogens with two attached hydrogens (primary N) is 1. The largest absolute Gasteiger partial charge is 0.349 e. The van der Waals surface area contributed by atoms with Gasteiger partial charge in [0.2, 0.25) is 0 Å². The highest BCUT2D eigenvalue weighted by atomic mass is 16.1. The van der Waals surface area contributed by atoms with E-state index in [4.69, 9.17) is 5.84 Å². The van der Waals surface area contributed by atoms with Gasteiger partial charge in [-0.25, -0.2) is 10.8 Å². The molecule has 4 N–H and O–H groups in total. The summed E-state index contributed by atoms with van der Waals surface area (Å²) in [7, 11) is 0. The fourth-order valence-electron chi connectivity index (χ4n) is 1.11. The fourth-order valence-corrected chi connectivity index (χ4v) is 1.11. The highest BCUT2D eigenvalue weighted by Crippen LogP contribution is 2.07. The maximum Gasteiger partial charge on any atom is 0.251 e. The number of carbonyl (C=O) groups excluding carboxylic acids is 1. The number of rotatable bonds is 4. The van der Waals surface area contributed by atoms with Gasteiger partial charge in [0, 0.05) is 17.8 Å². The molecule has 1 aromatic rings. The molecule has 0 saturated heterocycles. The molecule has 0 bridgehead atoms. The second-order valence-electron chi connectivity index (χ2n) is 4.08. The van der Waals surface area contributed by atoms with Gasteiger partial charge in [0.05, 0.1) is 0 Å². The predicted molar refractivity (Wildman–Crippen MR) is 63.8 cm³/mol. The minimum absolute atomic E-state index is 0.111. The number of amides is 1. The average molecular weight is 222 g/mol. The van der Waals surface area contributed by atoms with E-state index in [1.807, 2.05) is 6.92 Å². The summed E-state index contributed by atoms with van der Waals surface area (Å²) in [6.45, 7) is 6.10. The number of nitrogens with zero attached hydrogens (tertiary/aromatic N) is 1. The van der Waals surface area contributed by atoms with Crippen molar-refractivity contribution < 1.29 is 4.79 Å². The highest BCUT2D eigenvalue weighted by molar-refractivity contribution is 5.94. The van der Waals surface area contributed by atoms with Crippen LogP contribution < -0.4 is 16.6 Å². The molecule has 0 radical (unpaired) electrons. The predicted octanol–water partition coefficient (Wildman–Crippen LogP) is 1.14. The molecule has 1 heterocycles. The summed E-state index contributed by atoms with van der Waals surface area (Å²) in [5.41, 5.74) is 2.96. The van der Waals surface area contributed by atoms with E-state index in [1.54, 1.807) is 18.3 Å². The maximum atomic E-state index is 11.8. The number of pyridine rings is 1. The van der Waals surface area contributed by atoms with Gasteiger partial charge in [0.15, 0.2) is 0 Å². The lowest BCUT2D eigenvalue weighted by atomic mass is 10.1. The van der Waals surface area contributed by atoms with Crippen molar-refractivity contribution in [2.75, 3.05) is 5.43 Å². The number of hydrogen-bond acceptors (Lipinski definition) is 4. The lowest BCUT2D eigenvalue weighted by molar-refractivity contribution is 0.0930. The third kappa shape index (κ3) is 3.20. The molecule has 1 aromatic heterocycles. The highest BCUT2D eigenvalue weighted by Gasteiger charge is 2.12. The lowest BCUT2D eigenvalue weighted by Crippen LogP contribution is -2.36. The van der Waals surface area contributed by atoms with Crippen LogP contribution in [0.5, 0.6) is 0 Å². The number of carbonyl (C=O) groups is 1. The number of nitrogens with one attached hydrogen (secondary N) is 2. The molecule has 0 aliphatic carbocycles. The van der Waals surface area contributed by atoms with Crippen molar-refractivity contribution in [3.8, 4) is 0 Å². The van der Waals surface area contributed by atoms with Crippen LogP contribution in [-0.2, 0) is 0 Å². The summed E-state index contributed by atoms with van der Waals surface area (Å²) in [4.78, 5) is 15.8. The Balaban J connectivity index is 2.72. The molecule has 1 amide bonds. The molecular weight excluding hydrogens is 204 g/mol. The van der Waals surface area contributed by atoms with Gasteiger partial charge in [-0.05, 0) is 25.0 Å². The van der Waals surface area contributed by atoms with Crippen molar-refractivity contribution in [2.24, 2.45) is 11.8 Å². The van der Waals surface area contributed by atoms with E-state index in [-0.39, 0.29) is 11.9 Å². The van der Waals surface area contributed by atoms with Crippen LogP contribution >= 0.6 is 0 Å². The minimum atomic E-state index is -0.111. The monoisotopic (exact) mass is 222 g/mol. The number of hydrogen-bond donors (Lipinski definition) is 3. The second-order valence-corrected chi connectivity index (χ2v) is 4.08. The summed E-state index contributed by atoms with van der Waals surface area (Å²) in [6.07, 6.45) is 1.55. The maximum absolute atomic E-state index is 11.8. The first-order chi connectivity index (χ1) is 7.54. The van der Waals surface area contributed by atoms with E-state index in [2.05, 4.69) is 29.6 Å². The van der Waals surface area contributed by atoms with Crippen LogP contribution in [-0.4, -0.2) is 16.9 Å². The molecule has 88 valence electrons. The number of nitrogen functional groups attached to an aromatic ring is 1. The van der Waals surface area contributed by atoms with Crippen molar-refractivity contribution in [2.45, 2.75) is 26.8 Å². The molecule has 0 aliphatic heterocycles. The smallest absolute Gasteiger partial charge is 0.251 e. The zero-order chi connectivity index (χ0) is 12.1. The lowest BCUT2D eigenvalue weighted by Gasteiger charge is -2.17. The topological polar surface area (TPSA) is 80.0 Å². The van der Waals surface area contributed by atoms with Gasteiger partial charge in [-0.15, -0.1) is 0 Å². The van der Waals surface area contributed by atoms with Crippen LogP contribution in [0.25, 0.3) is 0 Å². The van der Waals surface area contributed by atoms with Crippen molar-refractivity contribution in [1.82, 2.24) is 10.3 Å². The van der Waals surface area contributed by atoms with Crippen molar-refractivity contribution in [3.63, 3.8) is 0 Å². The zero-order valence-corrected chi connectivity index (χ0v) is 9.82. The first-order valence-corrected chi connectivity index (χ1v) is 5.28. The summed E-state index contributed by atoms with van der Waals surface area (Å²) in [6, 6.07) is 3.40. The summed E-state index contributed by atoms with van der Waals surface area (Å²) in [5, 5.41) is 2.91. The van der Waals surface area contributed by atoms with Crippen LogP contribution in [0.3, 0.4) is 0 Å². The average Bonchev–Trinajstić information content (AvgIpc) is 2.28. The molecule has 16 heavy (non-hydrogen) atoms. The Morgan fingerprint density at radius 2 is 2.12 bits per heavy atom. The zero-order valence-electron chi connectivity index (χ0n) is 9.82. The van der Waals surface area contributed by atoms with Crippen LogP contribution in [0.1, 0.15) is 31.1 Å². The van der Waals surface area contributed by atoms with Gasteiger partial charge >= 0.3 is 0 Å². The normalized spacial score (nSPS) is 12.3. The Labute approximate surface area is 95.4 Å². The van der Waals surface area contributed by atoms with E-state index in [9.17, 15) is 4.79 Å². The van der Waals surface area contributed by atoms with Crippen LogP contribution in [0.4, 0.5) is 5.82 Å². The first-order valence-electron chi connectivity index (χ1n) is 5.28. The summed E-state index contributed by atoms with van der Waals surface area (Å²) >= 11 is 0. The molecule has 0 aliphatic rings. The molecule has 5 nitrogen and oxygen atoms in total. The van der Waals surface area contributed by atoms with E-state index >= 15 is 0 Å². The molecule has 5 heteroatoms. The summed E-state index contributed by atoms with van der Waals surface area (Å²) in [5.74, 6) is 5.99. The standard InChI is InChI=1S/C11H18N4O/c1-7(2)8(3)14-11(16)9-4-5-13-10(6-9)15-12/h4-8H,12H2,1-3H3,(H,13,15)(H,14,16). The molecule has 1 unspecified atom stereocenters. The third-order valence-corrected chi connectivity index (χ3v) is 2.53. The fraction of sp³-hybridized carbons (Fsp3) is 0.455. The van der Waals surface area contributed by atoms with Crippen molar-refractivity contribution in [3.05, 3.63) is 23.9 Å². The first kappa shape index (κ1) is 12.4. The molecule has 0 saturated carbocycles. The van der Waals surface area contributed by atoms with Crippen LogP contribution in [0, 0.1) is 5.92 Å². The molecule has 0 fully saturated rings. The number of aromatic nitrogens is 1. The van der Waals surface area contributed by atoms with E-state index < -0.39 is 0 Å². The molecule has 0 aromatic carbocycles. The Bertz CT molecular complexity index is 365. The van der Waals surface area contributed by atoms with Gasteiger partial charge in [0.1, 0.15) is 5.82 Å².